The largest absolute Gasteiger partial charge is 0.418 e. The predicted octanol–water partition coefficient (Wildman–Crippen LogP) is 4.59. The van der Waals surface area contributed by atoms with E-state index in [9.17, 15) is 23.3 Å². The zero-order valence-electron chi connectivity index (χ0n) is 13.5. The van der Waals surface area contributed by atoms with E-state index in [2.05, 4.69) is 4.90 Å². The molecule has 1 heterocycles. The molecule has 138 valence electrons. The van der Waals surface area contributed by atoms with Gasteiger partial charge in [-0.3, -0.25) is 10.1 Å². The lowest BCUT2D eigenvalue weighted by Crippen LogP contribution is -2.46. The molecule has 5 nitrogen and oxygen atoms in total. The van der Waals surface area contributed by atoms with Crippen molar-refractivity contribution < 1.29 is 18.1 Å². The Morgan fingerprint density at radius 1 is 1.00 bits per heavy atom. The number of benzene rings is 2. The number of anilines is 2. The number of rotatable bonds is 3. The van der Waals surface area contributed by atoms with Crippen LogP contribution in [0, 0.1) is 10.1 Å². The number of hydrogen-bond acceptors (Lipinski definition) is 4. The molecule has 3 rings (SSSR count). The van der Waals surface area contributed by atoms with Gasteiger partial charge in [-0.25, -0.2) is 0 Å². The van der Waals surface area contributed by atoms with Gasteiger partial charge in [0.1, 0.15) is 5.69 Å². The van der Waals surface area contributed by atoms with Gasteiger partial charge in [0.25, 0.3) is 5.69 Å². The van der Waals surface area contributed by atoms with Gasteiger partial charge in [0.2, 0.25) is 0 Å². The summed E-state index contributed by atoms with van der Waals surface area (Å²) in [6.07, 6.45) is -4.74. The maximum atomic E-state index is 13.0. The molecule has 1 saturated heterocycles. The highest BCUT2D eigenvalue weighted by atomic mass is 35.5. The van der Waals surface area contributed by atoms with Crippen LogP contribution in [0.2, 0.25) is 5.02 Å². The highest BCUT2D eigenvalue weighted by Crippen LogP contribution is 2.41. The summed E-state index contributed by atoms with van der Waals surface area (Å²) >= 11 is 5.75. The Balaban J connectivity index is 1.86. The van der Waals surface area contributed by atoms with Crippen molar-refractivity contribution in [2.75, 3.05) is 36.0 Å². The number of halogens is 4. The Hall–Kier alpha value is -2.48. The monoisotopic (exact) mass is 385 g/mol. The van der Waals surface area contributed by atoms with Crippen molar-refractivity contribution in [3.05, 3.63) is 63.2 Å². The summed E-state index contributed by atoms with van der Waals surface area (Å²) in [4.78, 5) is 14.3. The van der Waals surface area contributed by atoms with Crippen molar-refractivity contribution in [3.8, 4) is 0 Å². The fourth-order valence-electron chi connectivity index (χ4n) is 3.01. The Labute approximate surface area is 152 Å². The number of alkyl halides is 3. The smallest absolute Gasteiger partial charge is 0.368 e. The summed E-state index contributed by atoms with van der Waals surface area (Å²) in [7, 11) is 0. The fourth-order valence-corrected chi connectivity index (χ4v) is 3.28. The zero-order valence-corrected chi connectivity index (χ0v) is 14.3. The second-order valence-electron chi connectivity index (χ2n) is 5.89. The van der Waals surface area contributed by atoms with Crippen molar-refractivity contribution in [3.63, 3.8) is 0 Å². The van der Waals surface area contributed by atoms with E-state index in [1.54, 1.807) is 4.90 Å². The molecule has 1 aliphatic heterocycles. The van der Waals surface area contributed by atoms with Gasteiger partial charge >= 0.3 is 6.18 Å². The number of nitrogens with zero attached hydrogens (tertiary/aromatic N) is 3. The third-order valence-corrected chi connectivity index (χ3v) is 4.62. The first kappa shape index (κ1) is 18.3. The second kappa shape index (κ2) is 7.03. The molecule has 0 amide bonds. The van der Waals surface area contributed by atoms with Gasteiger partial charge in [-0.15, -0.1) is 0 Å². The van der Waals surface area contributed by atoms with E-state index in [-0.39, 0.29) is 5.69 Å². The lowest BCUT2D eigenvalue weighted by molar-refractivity contribution is -0.384. The predicted molar refractivity (Wildman–Crippen MR) is 94.0 cm³/mol. The van der Waals surface area contributed by atoms with Crippen molar-refractivity contribution in [1.29, 1.82) is 0 Å². The number of nitro groups is 1. The number of para-hydroxylation sites is 1. The standard InChI is InChI=1S/C17H15ClF3N3O2/c18-14-11-15(16(24(25)26)10-13(14)17(19,20)21)23-8-6-22(7-9-23)12-4-2-1-3-5-12/h1-5,10-11H,6-9H2. The minimum absolute atomic E-state index is 0.112. The van der Waals surface area contributed by atoms with Crippen LogP contribution in [0.3, 0.4) is 0 Å². The van der Waals surface area contributed by atoms with E-state index >= 15 is 0 Å². The minimum atomic E-state index is -4.74. The molecule has 1 aliphatic rings. The van der Waals surface area contributed by atoms with E-state index in [0.29, 0.717) is 32.2 Å². The SMILES string of the molecule is O=[N+]([O-])c1cc(C(F)(F)F)c(Cl)cc1N1CCN(c2ccccc2)CC1. The topological polar surface area (TPSA) is 49.6 Å². The molecule has 0 saturated carbocycles. The average molecular weight is 386 g/mol. The molecule has 0 unspecified atom stereocenters. The molecule has 0 aliphatic carbocycles. The van der Waals surface area contributed by atoms with Gasteiger partial charge in [-0.1, -0.05) is 29.8 Å². The molecule has 0 bridgehead atoms. The summed E-state index contributed by atoms with van der Waals surface area (Å²) in [6.45, 7) is 2.08. The molecule has 9 heteroatoms. The lowest BCUT2D eigenvalue weighted by atomic mass is 10.1. The minimum Gasteiger partial charge on any atom is -0.368 e. The van der Waals surface area contributed by atoms with E-state index < -0.39 is 27.4 Å². The van der Waals surface area contributed by atoms with Gasteiger partial charge in [-0.2, -0.15) is 13.2 Å². The summed E-state index contributed by atoms with van der Waals surface area (Å²) in [5.41, 5.74) is -0.639. The molecule has 2 aromatic carbocycles. The highest BCUT2D eigenvalue weighted by molar-refractivity contribution is 6.31. The first-order valence-electron chi connectivity index (χ1n) is 7.87. The molecular formula is C17H15ClF3N3O2. The summed E-state index contributed by atoms with van der Waals surface area (Å²) in [5.74, 6) is 0. The summed E-state index contributed by atoms with van der Waals surface area (Å²) in [6, 6.07) is 11.2. The van der Waals surface area contributed by atoms with Crippen LogP contribution < -0.4 is 9.80 Å². The van der Waals surface area contributed by atoms with Crippen LogP contribution in [0.1, 0.15) is 5.56 Å². The summed E-state index contributed by atoms with van der Waals surface area (Å²) in [5, 5.41) is 10.8. The highest BCUT2D eigenvalue weighted by Gasteiger charge is 2.37. The van der Waals surface area contributed by atoms with Crippen LogP contribution in [0.4, 0.5) is 30.2 Å². The second-order valence-corrected chi connectivity index (χ2v) is 6.29. The van der Waals surface area contributed by atoms with E-state index in [0.717, 1.165) is 11.8 Å². The van der Waals surface area contributed by atoms with Crippen LogP contribution >= 0.6 is 11.6 Å². The van der Waals surface area contributed by atoms with E-state index in [1.165, 1.54) is 0 Å². The average Bonchev–Trinajstić information content (AvgIpc) is 2.61. The molecule has 0 spiro atoms. The van der Waals surface area contributed by atoms with Gasteiger partial charge in [0.15, 0.2) is 0 Å². The molecular weight excluding hydrogens is 371 g/mol. The Kier molecular flexibility index (Phi) is 4.95. The van der Waals surface area contributed by atoms with Gasteiger partial charge < -0.3 is 9.80 Å². The van der Waals surface area contributed by atoms with Gasteiger partial charge in [0.05, 0.1) is 15.5 Å². The molecule has 26 heavy (non-hydrogen) atoms. The van der Waals surface area contributed by atoms with Crippen LogP contribution in [0.25, 0.3) is 0 Å². The summed E-state index contributed by atoms with van der Waals surface area (Å²) < 4.78 is 38.9. The van der Waals surface area contributed by atoms with Crippen LogP contribution in [-0.4, -0.2) is 31.1 Å². The fraction of sp³-hybridized carbons (Fsp3) is 0.294. The number of hydrogen-bond donors (Lipinski definition) is 0. The molecule has 0 N–H and O–H groups in total. The van der Waals surface area contributed by atoms with Crippen LogP contribution in [0.5, 0.6) is 0 Å². The maximum absolute atomic E-state index is 13.0. The van der Waals surface area contributed by atoms with E-state index in [1.807, 2.05) is 30.3 Å². The number of piperazine rings is 1. The quantitative estimate of drug-likeness (QED) is 0.572. The Morgan fingerprint density at radius 3 is 2.12 bits per heavy atom. The van der Waals surface area contributed by atoms with Crippen molar-refractivity contribution in [2.24, 2.45) is 0 Å². The van der Waals surface area contributed by atoms with Crippen LogP contribution in [0.15, 0.2) is 42.5 Å². The molecule has 2 aromatic rings. The van der Waals surface area contributed by atoms with Crippen molar-refractivity contribution in [2.45, 2.75) is 6.18 Å². The Morgan fingerprint density at radius 2 is 1.58 bits per heavy atom. The molecule has 0 aromatic heterocycles. The third-order valence-electron chi connectivity index (χ3n) is 4.31. The molecule has 0 radical (unpaired) electrons. The molecule has 1 fully saturated rings. The van der Waals surface area contributed by atoms with Gasteiger partial charge in [-0.05, 0) is 18.2 Å². The lowest BCUT2D eigenvalue weighted by Gasteiger charge is -2.37. The maximum Gasteiger partial charge on any atom is 0.418 e. The van der Waals surface area contributed by atoms with Gasteiger partial charge in [0, 0.05) is 37.9 Å². The Bertz CT molecular complexity index is 807. The van der Waals surface area contributed by atoms with Crippen molar-refractivity contribution >= 4 is 28.7 Å². The normalized spacial score (nSPS) is 15.2. The number of nitro benzene ring substituents is 1. The third kappa shape index (κ3) is 3.70. The van der Waals surface area contributed by atoms with Crippen LogP contribution in [-0.2, 0) is 6.18 Å². The molecule has 0 atom stereocenters. The first-order valence-corrected chi connectivity index (χ1v) is 8.25. The van der Waals surface area contributed by atoms with E-state index in [4.69, 9.17) is 11.6 Å². The van der Waals surface area contributed by atoms with Crippen molar-refractivity contribution in [1.82, 2.24) is 0 Å². The zero-order chi connectivity index (χ0) is 18.9. The first-order chi connectivity index (χ1) is 12.3.